The number of rotatable bonds is 6. The van der Waals surface area contributed by atoms with Crippen LogP contribution in [0.5, 0.6) is 0 Å². The van der Waals surface area contributed by atoms with Crippen LogP contribution in [-0.4, -0.2) is 41.1 Å². The van der Waals surface area contributed by atoms with Crippen LogP contribution in [0, 0.1) is 0 Å². The van der Waals surface area contributed by atoms with E-state index in [9.17, 15) is 0 Å². The maximum atomic E-state index is 5.87. The number of benzene rings is 4. The minimum atomic E-state index is -0.197. The quantitative estimate of drug-likeness (QED) is 0.203. The number of aliphatic imine (C=N–C) groups is 2. The van der Waals surface area contributed by atoms with Gasteiger partial charge in [0.05, 0.1) is 22.5 Å². The summed E-state index contributed by atoms with van der Waals surface area (Å²) in [6.07, 6.45) is 0. The molecule has 218 valence electrons. The molecule has 0 bridgehead atoms. The molecule has 5 heteroatoms. The lowest BCUT2D eigenvalue weighted by Crippen LogP contribution is -2.17. The first-order valence-corrected chi connectivity index (χ1v) is 15.1. The summed E-state index contributed by atoms with van der Waals surface area (Å²) in [6, 6.07) is 40.2. The SMILES string of the molecule is CC1(C)COC(c2ccc(-c3cc(-c4ccc(-c5ccccc5)cc4)cc(-c4ccc(C5=NC(C)(C)CO5)cc4)n3)cc2)=N1. The van der Waals surface area contributed by atoms with Gasteiger partial charge in [-0.2, -0.15) is 0 Å². The molecule has 5 nitrogen and oxygen atoms in total. The number of ether oxygens (including phenoxy) is 2. The molecule has 0 atom stereocenters. The number of nitrogens with zero attached hydrogens (tertiary/aromatic N) is 3. The van der Waals surface area contributed by atoms with E-state index in [4.69, 9.17) is 24.4 Å². The molecule has 1 aromatic heterocycles. The first-order valence-electron chi connectivity index (χ1n) is 15.1. The molecule has 0 aliphatic carbocycles. The van der Waals surface area contributed by atoms with Crippen molar-refractivity contribution in [2.45, 2.75) is 38.8 Å². The lowest BCUT2D eigenvalue weighted by Gasteiger charge is -2.12. The average molecular weight is 578 g/mol. The normalized spacial score (nSPS) is 16.5. The Kier molecular flexibility index (Phi) is 6.89. The Hall–Kier alpha value is -5.03. The molecule has 0 amide bonds. The van der Waals surface area contributed by atoms with E-state index in [0.29, 0.717) is 25.0 Å². The Morgan fingerprint density at radius 3 is 1.20 bits per heavy atom. The summed E-state index contributed by atoms with van der Waals surface area (Å²) in [7, 11) is 0. The summed E-state index contributed by atoms with van der Waals surface area (Å²) in [4.78, 5) is 14.6. The molecule has 2 aliphatic rings. The van der Waals surface area contributed by atoms with Crippen molar-refractivity contribution in [1.29, 1.82) is 0 Å². The Balaban J connectivity index is 1.26. The van der Waals surface area contributed by atoms with E-state index in [1.165, 1.54) is 11.1 Å². The van der Waals surface area contributed by atoms with Gasteiger partial charge >= 0.3 is 0 Å². The van der Waals surface area contributed by atoms with E-state index in [0.717, 1.165) is 44.8 Å². The van der Waals surface area contributed by atoms with Crippen LogP contribution in [0.25, 0.3) is 44.8 Å². The fourth-order valence-corrected chi connectivity index (χ4v) is 5.51. The van der Waals surface area contributed by atoms with Gasteiger partial charge in [0.15, 0.2) is 0 Å². The van der Waals surface area contributed by atoms with Crippen LogP contribution >= 0.6 is 0 Å². The standard InChI is InChI=1S/C39H35N3O2/c1-38(2)24-43-36(41-38)31-18-14-29(15-19-31)34-22-33(28-12-10-27(11-13-28)26-8-6-5-7-9-26)23-35(40-34)30-16-20-32(21-17-30)37-42-39(3,4)25-44-37/h5-23H,24-25H2,1-4H3. The molecule has 0 spiro atoms. The third-order valence-electron chi connectivity index (χ3n) is 7.94. The molecular formula is C39H35N3O2. The Bertz CT molecular complexity index is 1770. The fraction of sp³-hybridized carbons (Fsp3) is 0.205. The van der Waals surface area contributed by atoms with Crippen molar-refractivity contribution in [3.63, 3.8) is 0 Å². The van der Waals surface area contributed by atoms with Gasteiger partial charge in [0.2, 0.25) is 11.8 Å². The number of hydrogen-bond donors (Lipinski definition) is 0. The predicted molar refractivity (Wildman–Crippen MR) is 179 cm³/mol. The summed E-state index contributed by atoms with van der Waals surface area (Å²) in [5.41, 5.74) is 10.1. The van der Waals surface area contributed by atoms with Gasteiger partial charge in [-0.15, -0.1) is 0 Å². The van der Waals surface area contributed by atoms with Crippen molar-refractivity contribution in [2.75, 3.05) is 13.2 Å². The van der Waals surface area contributed by atoms with Gasteiger partial charge in [-0.25, -0.2) is 15.0 Å². The van der Waals surface area contributed by atoms with Crippen molar-refractivity contribution in [3.05, 3.63) is 126 Å². The van der Waals surface area contributed by atoms with Gasteiger partial charge in [0.1, 0.15) is 13.2 Å². The second kappa shape index (κ2) is 10.9. The Labute approximate surface area is 259 Å². The van der Waals surface area contributed by atoms with Crippen LogP contribution in [0.2, 0.25) is 0 Å². The Morgan fingerprint density at radius 2 is 0.795 bits per heavy atom. The first kappa shape index (κ1) is 27.8. The molecule has 7 rings (SSSR count). The minimum Gasteiger partial charge on any atom is -0.475 e. The molecular weight excluding hydrogens is 542 g/mol. The minimum absolute atomic E-state index is 0.197. The largest absolute Gasteiger partial charge is 0.475 e. The maximum absolute atomic E-state index is 5.87. The van der Waals surface area contributed by atoms with Crippen molar-refractivity contribution in [2.24, 2.45) is 9.98 Å². The number of pyridine rings is 1. The molecule has 4 aromatic carbocycles. The molecule has 3 heterocycles. The summed E-state index contributed by atoms with van der Waals surface area (Å²) >= 11 is 0. The molecule has 0 saturated carbocycles. The molecule has 0 fully saturated rings. The second-order valence-electron chi connectivity index (χ2n) is 12.8. The van der Waals surface area contributed by atoms with Crippen LogP contribution in [0.3, 0.4) is 0 Å². The van der Waals surface area contributed by atoms with Gasteiger partial charge in [-0.1, -0.05) is 78.9 Å². The van der Waals surface area contributed by atoms with Crippen molar-refractivity contribution in [3.8, 4) is 44.8 Å². The van der Waals surface area contributed by atoms with Crippen molar-refractivity contribution < 1.29 is 9.47 Å². The Morgan fingerprint density at radius 1 is 0.432 bits per heavy atom. The zero-order valence-corrected chi connectivity index (χ0v) is 25.5. The number of hydrogen-bond acceptors (Lipinski definition) is 5. The first-order chi connectivity index (χ1) is 21.2. The van der Waals surface area contributed by atoms with E-state index < -0.39 is 0 Å². The highest BCUT2D eigenvalue weighted by Gasteiger charge is 2.28. The number of aromatic nitrogens is 1. The van der Waals surface area contributed by atoms with Gasteiger partial charge in [0, 0.05) is 22.3 Å². The summed E-state index contributed by atoms with van der Waals surface area (Å²) < 4.78 is 11.7. The molecule has 5 aromatic rings. The highest BCUT2D eigenvalue weighted by Crippen LogP contribution is 2.33. The summed E-state index contributed by atoms with van der Waals surface area (Å²) in [6.45, 7) is 9.52. The van der Waals surface area contributed by atoms with E-state index in [1.807, 2.05) is 6.07 Å². The molecule has 0 radical (unpaired) electrons. The third-order valence-corrected chi connectivity index (χ3v) is 7.94. The highest BCUT2D eigenvalue weighted by molar-refractivity contribution is 5.96. The zero-order chi connectivity index (χ0) is 30.3. The molecule has 0 unspecified atom stereocenters. The van der Waals surface area contributed by atoms with E-state index in [1.54, 1.807) is 0 Å². The van der Waals surface area contributed by atoms with Crippen LogP contribution in [-0.2, 0) is 9.47 Å². The maximum Gasteiger partial charge on any atom is 0.216 e. The molecule has 44 heavy (non-hydrogen) atoms. The fourth-order valence-electron chi connectivity index (χ4n) is 5.51. The predicted octanol–water partition coefficient (Wildman–Crippen LogP) is 8.86. The van der Waals surface area contributed by atoms with E-state index in [-0.39, 0.29) is 11.1 Å². The van der Waals surface area contributed by atoms with Crippen molar-refractivity contribution in [1.82, 2.24) is 4.98 Å². The van der Waals surface area contributed by atoms with E-state index >= 15 is 0 Å². The third kappa shape index (κ3) is 5.78. The molecule has 0 saturated heterocycles. The lowest BCUT2D eigenvalue weighted by atomic mass is 9.97. The highest BCUT2D eigenvalue weighted by atomic mass is 16.5. The topological polar surface area (TPSA) is 56.1 Å². The zero-order valence-electron chi connectivity index (χ0n) is 25.5. The van der Waals surface area contributed by atoms with Crippen molar-refractivity contribution >= 4 is 11.8 Å². The lowest BCUT2D eigenvalue weighted by molar-refractivity contribution is 0.279. The van der Waals surface area contributed by atoms with Gasteiger partial charge in [-0.05, 0) is 86.3 Å². The van der Waals surface area contributed by atoms with Gasteiger partial charge < -0.3 is 9.47 Å². The smallest absolute Gasteiger partial charge is 0.216 e. The molecule has 2 aliphatic heterocycles. The van der Waals surface area contributed by atoms with E-state index in [2.05, 4.69) is 137 Å². The van der Waals surface area contributed by atoms with Gasteiger partial charge in [-0.3, -0.25) is 0 Å². The van der Waals surface area contributed by atoms with Gasteiger partial charge in [0.25, 0.3) is 0 Å². The van der Waals surface area contributed by atoms with Crippen LogP contribution in [0.1, 0.15) is 38.8 Å². The summed E-state index contributed by atoms with van der Waals surface area (Å²) in [5, 5.41) is 0. The van der Waals surface area contributed by atoms with Crippen LogP contribution in [0.15, 0.2) is 125 Å². The molecule has 0 N–H and O–H groups in total. The average Bonchev–Trinajstić information content (AvgIpc) is 3.62. The summed E-state index contributed by atoms with van der Waals surface area (Å²) in [5.74, 6) is 1.39. The van der Waals surface area contributed by atoms with Crippen LogP contribution in [0.4, 0.5) is 0 Å². The monoisotopic (exact) mass is 577 g/mol. The van der Waals surface area contributed by atoms with Crippen LogP contribution < -0.4 is 0 Å². The second-order valence-corrected chi connectivity index (χ2v) is 12.8.